The fourth-order valence-corrected chi connectivity index (χ4v) is 3.00. The minimum Gasteiger partial charge on any atom is -0.496 e. The molecule has 0 saturated carbocycles. The molecule has 0 unspecified atom stereocenters. The third kappa shape index (κ3) is 3.27. The lowest BCUT2D eigenvalue weighted by Crippen LogP contribution is -2.30. The summed E-state index contributed by atoms with van der Waals surface area (Å²) in [7, 11) is 4.94. The third-order valence-electron chi connectivity index (χ3n) is 4.57. The predicted octanol–water partition coefficient (Wildman–Crippen LogP) is 3.31. The van der Waals surface area contributed by atoms with Crippen molar-refractivity contribution >= 4 is 5.91 Å². The van der Waals surface area contributed by atoms with E-state index in [0.29, 0.717) is 36.0 Å². The molecule has 6 heteroatoms. The molecule has 0 N–H and O–H groups in total. The summed E-state index contributed by atoms with van der Waals surface area (Å²) in [6.45, 7) is 2.87. The number of fused-ring (bicyclic) bond motifs is 1. The molecule has 0 bridgehead atoms. The van der Waals surface area contributed by atoms with E-state index in [0.717, 1.165) is 11.3 Å². The molecule has 0 fully saturated rings. The topological polar surface area (TPSA) is 57.2 Å². The molecule has 6 nitrogen and oxygen atoms in total. The number of carbonyl (C=O) groups excluding carboxylic acids is 1. The van der Waals surface area contributed by atoms with Gasteiger partial charge in [-0.3, -0.25) is 4.79 Å². The quantitative estimate of drug-likeness (QED) is 0.822. The molecule has 1 aliphatic rings. The Morgan fingerprint density at radius 1 is 1.08 bits per heavy atom. The molecule has 26 heavy (non-hydrogen) atoms. The number of carbonyl (C=O) groups is 1. The lowest BCUT2D eigenvalue weighted by molar-refractivity contribution is 0.0739. The van der Waals surface area contributed by atoms with Gasteiger partial charge in [-0.05, 0) is 25.1 Å². The number of para-hydroxylation sites is 1. The van der Waals surface area contributed by atoms with Gasteiger partial charge in [-0.1, -0.05) is 18.2 Å². The van der Waals surface area contributed by atoms with Crippen LogP contribution in [-0.2, 0) is 0 Å². The molecular formula is C20H23NO5. The molecule has 0 aromatic heterocycles. The van der Waals surface area contributed by atoms with Crippen LogP contribution in [0.1, 0.15) is 28.9 Å². The SMILES string of the molecule is COc1ccccc1[C@H](C)N(C)C(=O)c1cc(OC)c2c(c1)OCCO2. The monoisotopic (exact) mass is 357 g/mol. The first-order chi connectivity index (χ1) is 12.6. The van der Waals surface area contributed by atoms with Crippen LogP contribution in [0.4, 0.5) is 0 Å². The largest absolute Gasteiger partial charge is 0.496 e. The molecule has 0 spiro atoms. The van der Waals surface area contributed by atoms with E-state index in [4.69, 9.17) is 18.9 Å². The van der Waals surface area contributed by atoms with Gasteiger partial charge in [-0.2, -0.15) is 0 Å². The van der Waals surface area contributed by atoms with Gasteiger partial charge in [0.25, 0.3) is 5.91 Å². The number of hydrogen-bond acceptors (Lipinski definition) is 5. The minimum atomic E-state index is -0.169. The Labute approximate surface area is 153 Å². The summed E-state index contributed by atoms with van der Waals surface area (Å²) < 4.78 is 22.0. The molecule has 0 radical (unpaired) electrons. The van der Waals surface area contributed by atoms with E-state index in [2.05, 4.69) is 0 Å². The van der Waals surface area contributed by atoms with Crippen LogP contribution in [0.15, 0.2) is 36.4 Å². The van der Waals surface area contributed by atoms with Crippen LogP contribution in [-0.4, -0.2) is 45.3 Å². The standard InChI is InChI=1S/C20H23NO5/c1-13(15-7-5-6-8-16(15)23-3)21(2)20(22)14-11-17(24-4)19-18(12-14)25-9-10-26-19/h5-8,11-13H,9-10H2,1-4H3/t13-/m0/s1. The first kappa shape index (κ1) is 17.9. The second-order valence-corrected chi connectivity index (χ2v) is 6.04. The van der Waals surface area contributed by atoms with Crippen molar-refractivity contribution in [3.05, 3.63) is 47.5 Å². The highest BCUT2D eigenvalue weighted by atomic mass is 16.6. The van der Waals surface area contributed by atoms with Crippen LogP contribution in [0.25, 0.3) is 0 Å². The number of nitrogens with zero attached hydrogens (tertiary/aromatic N) is 1. The zero-order valence-corrected chi connectivity index (χ0v) is 15.4. The molecule has 0 aliphatic carbocycles. The molecule has 3 rings (SSSR count). The highest BCUT2D eigenvalue weighted by Crippen LogP contribution is 2.41. The van der Waals surface area contributed by atoms with Gasteiger partial charge in [0, 0.05) is 18.2 Å². The van der Waals surface area contributed by atoms with E-state index in [1.54, 1.807) is 38.3 Å². The maximum Gasteiger partial charge on any atom is 0.254 e. The zero-order chi connectivity index (χ0) is 18.7. The van der Waals surface area contributed by atoms with E-state index in [9.17, 15) is 4.79 Å². The summed E-state index contributed by atoms with van der Waals surface area (Å²) in [6.07, 6.45) is 0. The van der Waals surface area contributed by atoms with Crippen LogP contribution < -0.4 is 18.9 Å². The Hall–Kier alpha value is -2.89. The lowest BCUT2D eigenvalue weighted by atomic mass is 10.0. The average Bonchev–Trinajstić information content (AvgIpc) is 2.71. The van der Waals surface area contributed by atoms with Crippen molar-refractivity contribution in [2.24, 2.45) is 0 Å². The molecule has 1 amide bonds. The molecule has 0 saturated heterocycles. The van der Waals surface area contributed by atoms with Gasteiger partial charge in [0.2, 0.25) is 5.75 Å². The molecule has 2 aromatic carbocycles. The first-order valence-electron chi connectivity index (χ1n) is 8.44. The summed E-state index contributed by atoms with van der Waals surface area (Å²) in [4.78, 5) is 14.7. The van der Waals surface area contributed by atoms with E-state index < -0.39 is 0 Å². The highest BCUT2D eigenvalue weighted by molar-refractivity contribution is 5.95. The number of hydrogen-bond donors (Lipinski definition) is 0. The van der Waals surface area contributed by atoms with Crippen molar-refractivity contribution in [1.29, 1.82) is 0 Å². The fraction of sp³-hybridized carbons (Fsp3) is 0.350. The van der Waals surface area contributed by atoms with Crippen molar-refractivity contribution in [3.8, 4) is 23.0 Å². The van der Waals surface area contributed by atoms with Gasteiger partial charge >= 0.3 is 0 Å². The Kier molecular flexibility index (Phi) is 5.21. The molecule has 1 heterocycles. The van der Waals surface area contributed by atoms with Crippen molar-refractivity contribution in [2.45, 2.75) is 13.0 Å². The van der Waals surface area contributed by atoms with Crippen molar-refractivity contribution < 1.29 is 23.7 Å². The molecule has 1 atom stereocenters. The van der Waals surface area contributed by atoms with Crippen LogP contribution in [0, 0.1) is 0 Å². The Morgan fingerprint density at radius 2 is 1.77 bits per heavy atom. The second kappa shape index (κ2) is 7.56. The predicted molar refractivity (Wildman–Crippen MR) is 97.5 cm³/mol. The molecule has 138 valence electrons. The fourth-order valence-electron chi connectivity index (χ4n) is 3.00. The number of benzene rings is 2. The van der Waals surface area contributed by atoms with E-state index in [1.807, 2.05) is 31.2 Å². The first-order valence-corrected chi connectivity index (χ1v) is 8.44. The lowest BCUT2D eigenvalue weighted by Gasteiger charge is -2.27. The summed E-state index contributed by atoms with van der Waals surface area (Å²) in [5.74, 6) is 2.16. The van der Waals surface area contributed by atoms with Crippen molar-refractivity contribution in [3.63, 3.8) is 0 Å². The Balaban J connectivity index is 1.91. The Morgan fingerprint density at radius 3 is 2.50 bits per heavy atom. The number of methoxy groups -OCH3 is 2. The van der Waals surface area contributed by atoms with E-state index in [-0.39, 0.29) is 11.9 Å². The average molecular weight is 357 g/mol. The van der Waals surface area contributed by atoms with Crippen LogP contribution in [0.3, 0.4) is 0 Å². The van der Waals surface area contributed by atoms with Gasteiger partial charge in [0.1, 0.15) is 19.0 Å². The zero-order valence-electron chi connectivity index (χ0n) is 15.4. The summed E-state index contributed by atoms with van der Waals surface area (Å²) in [5, 5.41) is 0. The highest BCUT2D eigenvalue weighted by Gasteiger charge is 2.25. The normalized spacial score (nSPS) is 13.7. The maximum atomic E-state index is 13.0. The molecule has 2 aromatic rings. The van der Waals surface area contributed by atoms with Crippen LogP contribution in [0.2, 0.25) is 0 Å². The summed E-state index contributed by atoms with van der Waals surface area (Å²) in [6, 6.07) is 10.9. The van der Waals surface area contributed by atoms with Gasteiger partial charge in [-0.25, -0.2) is 0 Å². The maximum absolute atomic E-state index is 13.0. The van der Waals surface area contributed by atoms with Crippen molar-refractivity contribution in [1.82, 2.24) is 4.90 Å². The third-order valence-corrected chi connectivity index (χ3v) is 4.57. The molecular weight excluding hydrogens is 334 g/mol. The van der Waals surface area contributed by atoms with Crippen LogP contribution >= 0.6 is 0 Å². The van der Waals surface area contributed by atoms with Gasteiger partial charge in [0.15, 0.2) is 11.5 Å². The smallest absolute Gasteiger partial charge is 0.254 e. The molecule has 1 aliphatic heterocycles. The number of rotatable bonds is 5. The van der Waals surface area contributed by atoms with E-state index >= 15 is 0 Å². The van der Waals surface area contributed by atoms with Crippen molar-refractivity contribution in [2.75, 3.05) is 34.5 Å². The summed E-state index contributed by atoms with van der Waals surface area (Å²) in [5.41, 5.74) is 1.42. The van der Waals surface area contributed by atoms with Crippen LogP contribution in [0.5, 0.6) is 23.0 Å². The Bertz CT molecular complexity index is 788. The number of amides is 1. The second-order valence-electron chi connectivity index (χ2n) is 6.04. The van der Waals surface area contributed by atoms with Gasteiger partial charge in [0.05, 0.1) is 20.3 Å². The number of ether oxygens (including phenoxy) is 4. The van der Waals surface area contributed by atoms with E-state index in [1.165, 1.54) is 0 Å². The summed E-state index contributed by atoms with van der Waals surface area (Å²) >= 11 is 0. The minimum absolute atomic E-state index is 0.140. The van der Waals surface area contributed by atoms with Gasteiger partial charge in [-0.15, -0.1) is 0 Å². The van der Waals surface area contributed by atoms with Gasteiger partial charge < -0.3 is 23.8 Å².